The number of carbonyl (C=O) groups excluding carboxylic acids is 1. The second-order valence-electron chi connectivity index (χ2n) is 4.60. The monoisotopic (exact) mass is 295 g/mol. The maximum Gasteiger partial charge on any atom is 0.292 e. The number of benzene rings is 1. The van der Waals surface area contributed by atoms with Gasteiger partial charge in [-0.25, -0.2) is 0 Å². The Labute approximate surface area is 121 Å². The van der Waals surface area contributed by atoms with E-state index in [1.54, 1.807) is 7.05 Å². The molecule has 0 spiro atoms. The molecule has 0 atom stereocenters. The van der Waals surface area contributed by atoms with Gasteiger partial charge in [0.05, 0.1) is 4.92 Å². The molecule has 2 N–H and O–H groups in total. The quantitative estimate of drug-likeness (QED) is 0.657. The van der Waals surface area contributed by atoms with Crippen molar-refractivity contribution in [1.82, 2.24) is 5.32 Å². The third-order valence-electron chi connectivity index (χ3n) is 3.28. The molecule has 1 aromatic carbocycles. The van der Waals surface area contributed by atoms with Crippen molar-refractivity contribution in [2.24, 2.45) is 0 Å². The molecule has 0 saturated carbocycles. The molecule has 1 aromatic rings. The van der Waals surface area contributed by atoms with Crippen molar-refractivity contribution in [1.29, 1.82) is 0 Å². The van der Waals surface area contributed by atoms with Crippen molar-refractivity contribution in [2.75, 3.05) is 23.9 Å². The number of thioether (sulfide) groups is 1. The highest BCUT2D eigenvalue weighted by Gasteiger charge is 2.19. The van der Waals surface area contributed by atoms with Gasteiger partial charge in [-0.3, -0.25) is 14.9 Å². The fraction of sp³-hybridized carbons (Fsp3) is 0.462. The second-order valence-corrected chi connectivity index (χ2v) is 5.82. The number of nitrogens with zero attached hydrogens (tertiary/aromatic N) is 1. The van der Waals surface area contributed by atoms with Crippen LogP contribution in [0.2, 0.25) is 0 Å². The summed E-state index contributed by atoms with van der Waals surface area (Å²) in [7, 11) is 1.60. The van der Waals surface area contributed by atoms with E-state index in [0.717, 1.165) is 24.3 Å². The first-order valence-electron chi connectivity index (χ1n) is 6.46. The predicted molar refractivity (Wildman–Crippen MR) is 80.5 cm³/mol. The van der Waals surface area contributed by atoms with Crippen molar-refractivity contribution in [3.63, 3.8) is 0 Å². The van der Waals surface area contributed by atoms with Crippen LogP contribution >= 0.6 is 11.8 Å². The molecule has 0 radical (unpaired) electrons. The van der Waals surface area contributed by atoms with Gasteiger partial charge in [-0.05, 0) is 36.5 Å². The molecule has 0 bridgehead atoms. The van der Waals surface area contributed by atoms with E-state index in [1.807, 2.05) is 11.8 Å². The number of hydrogen-bond donors (Lipinski definition) is 2. The molecule has 0 aromatic heterocycles. The lowest BCUT2D eigenvalue weighted by Gasteiger charge is -2.22. The maximum atomic E-state index is 12.1. The molecule has 0 unspecified atom stereocenters. The highest BCUT2D eigenvalue weighted by Crippen LogP contribution is 2.25. The summed E-state index contributed by atoms with van der Waals surface area (Å²) in [4.78, 5) is 22.5. The summed E-state index contributed by atoms with van der Waals surface area (Å²) in [6.07, 6.45) is 1.95. The van der Waals surface area contributed by atoms with Crippen LogP contribution in [0.1, 0.15) is 23.2 Å². The summed E-state index contributed by atoms with van der Waals surface area (Å²) in [5.74, 6) is 1.95. The fourth-order valence-corrected chi connectivity index (χ4v) is 3.25. The molecule has 1 amide bonds. The van der Waals surface area contributed by atoms with Crippen molar-refractivity contribution in [3.8, 4) is 0 Å². The molecule has 2 rings (SSSR count). The molecule has 7 heteroatoms. The third-order valence-corrected chi connectivity index (χ3v) is 4.33. The van der Waals surface area contributed by atoms with E-state index in [1.165, 1.54) is 18.2 Å². The average Bonchev–Trinajstić information content (AvgIpc) is 2.47. The van der Waals surface area contributed by atoms with Gasteiger partial charge in [0.25, 0.3) is 11.6 Å². The van der Waals surface area contributed by atoms with Gasteiger partial charge in [0.1, 0.15) is 5.69 Å². The van der Waals surface area contributed by atoms with E-state index in [-0.39, 0.29) is 17.6 Å². The topological polar surface area (TPSA) is 84.3 Å². The lowest BCUT2D eigenvalue weighted by atomic mass is 10.1. The molecule has 1 fully saturated rings. The van der Waals surface area contributed by atoms with Crippen LogP contribution < -0.4 is 10.6 Å². The lowest BCUT2D eigenvalue weighted by Crippen LogP contribution is -2.37. The Hall–Kier alpha value is -1.76. The summed E-state index contributed by atoms with van der Waals surface area (Å²) in [5, 5.41) is 16.6. The Kier molecular flexibility index (Phi) is 4.84. The molecule has 0 aliphatic carbocycles. The molecule has 1 aliphatic heterocycles. The van der Waals surface area contributed by atoms with E-state index in [9.17, 15) is 14.9 Å². The highest BCUT2D eigenvalue weighted by atomic mass is 32.2. The van der Waals surface area contributed by atoms with Gasteiger partial charge in [-0.1, -0.05) is 0 Å². The van der Waals surface area contributed by atoms with Crippen LogP contribution in [-0.4, -0.2) is 35.4 Å². The number of rotatable bonds is 4. The lowest BCUT2D eigenvalue weighted by molar-refractivity contribution is -0.383. The van der Waals surface area contributed by atoms with Gasteiger partial charge in [0, 0.05) is 24.7 Å². The molecular formula is C13H17N3O3S. The summed E-state index contributed by atoms with van der Waals surface area (Å²) in [6, 6.07) is 4.57. The molecule has 6 nitrogen and oxygen atoms in total. The van der Waals surface area contributed by atoms with E-state index in [2.05, 4.69) is 10.6 Å². The molecule has 1 aliphatic rings. The first-order chi connectivity index (χ1) is 9.61. The predicted octanol–water partition coefficient (Wildman–Crippen LogP) is 2.26. The number of nitro benzene ring substituents is 1. The van der Waals surface area contributed by atoms with Crippen molar-refractivity contribution in [2.45, 2.75) is 18.9 Å². The summed E-state index contributed by atoms with van der Waals surface area (Å²) in [6.45, 7) is 0. The van der Waals surface area contributed by atoms with Crippen LogP contribution in [0.4, 0.5) is 11.4 Å². The van der Waals surface area contributed by atoms with Crippen LogP contribution in [0, 0.1) is 10.1 Å². The molecule has 1 heterocycles. The van der Waals surface area contributed by atoms with Gasteiger partial charge in [-0.2, -0.15) is 11.8 Å². The third kappa shape index (κ3) is 3.41. The van der Waals surface area contributed by atoms with Crippen molar-refractivity contribution in [3.05, 3.63) is 33.9 Å². The van der Waals surface area contributed by atoms with Crippen LogP contribution in [-0.2, 0) is 0 Å². The van der Waals surface area contributed by atoms with Crippen molar-refractivity contribution >= 4 is 29.0 Å². The SMILES string of the molecule is CNc1cc(C(=O)NC2CCSCC2)ccc1[N+](=O)[O-]. The molecule has 20 heavy (non-hydrogen) atoms. The van der Waals surface area contributed by atoms with Crippen LogP contribution in [0.3, 0.4) is 0 Å². The Bertz CT molecular complexity index is 516. The van der Waals surface area contributed by atoms with Crippen LogP contribution in [0.25, 0.3) is 0 Å². The van der Waals surface area contributed by atoms with Gasteiger partial charge < -0.3 is 10.6 Å². The van der Waals surface area contributed by atoms with E-state index < -0.39 is 4.92 Å². The highest BCUT2D eigenvalue weighted by molar-refractivity contribution is 7.99. The number of hydrogen-bond acceptors (Lipinski definition) is 5. The molecule has 108 valence electrons. The zero-order valence-corrected chi connectivity index (χ0v) is 12.0. The summed E-state index contributed by atoms with van der Waals surface area (Å²) < 4.78 is 0. The zero-order chi connectivity index (χ0) is 14.5. The first-order valence-corrected chi connectivity index (χ1v) is 7.62. The Morgan fingerprint density at radius 3 is 2.70 bits per heavy atom. The number of nitro groups is 1. The Balaban J connectivity index is 2.11. The molecular weight excluding hydrogens is 278 g/mol. The number of carbonyl (C=O) groups is 1. The van der Waals surface area contributed by atoms with Gasteiger partial charge in [0.15, 0.2) is 0 Å². The van der Waals surface area contributed by atoms with E-state index >= 15 is 0 Å². The van der Waals surface area contributed by atoms with E-state index in [0.29, 0.717) is 11.3 Å². The average molecular weight is 295 g/mol. The van der Waals surface area contributed by atoms with Gasteiger partial charge >= 0.3 is 0 Å². The standard InChI is InChI=1S/C13H17N3O3S/c1-14-11-8-9(2-3-12(11)16(18)19)13(17)15-10-4-6-20-7-5-10/h2-3,8,10,14H,4-7H2,1H3,(H,15,17). The smallest absolute Gasteiger partial charge is 0.292 e. The summed E-state index contributed by atoms with van der Waals surface area (Å²) >= 11 is 1.90. The molecule has 1 saturated heterocycles. The maximum absolute atomic E-state index is 12.1. The fourth-order valence-electron chi connectivity index (χ4n) is 2.15. The second kappa shape index (κ2) is 6.60. The first kappa shape index (κ1) is 14.6. The largest absolute Gasteiger partial charge is 0.383 e. The van der Waals surface area contributed by atoms with Gasteiger partial charge in [-0.15, -0.1) is 0 Å². The minimum atomic E-state index is -0.466. The zero-order valence-electron chi connectivity index (χ0n) is 11.2. The van der Waals surface area contributed by atoms with Crippen LogP contribution in [0.15, 0.2) is 18.2 Å². The van der Waals surface area contributed by atoms with Gasteiger partial charge in [0.2, 0.25) is 0 Å². The summed E-state index contributed by atoms with van der Waals surface area (Å²) in [5.41, 5.74) is 0.762. The van der Waals surface area contributed by atoms with Crippen molar-refractivity contribution < 1.29 is 9.72 Å². The number of anilines is 1. The number of amides is 1. The number of nitrogens with one attached hydrogen (secondary N) is 2. The minimum absolute atomic E-state index is 0.0295. The Morgan fingerprint density at radius 2 is 2.10 bits per heavy atom. The normalized spacial score (nSPS) is 15.7. The minimum Gasteiger partial charge on any atom is -0.383 e. The Morgan fingerprint density at radius 1 is 1.40 bits per heavy atom. The van der Waals surface area contributed by atoms with Crippen LogP contribution in [0.5, 0.6) is 0 Å². The van der Waals surface area contributed by atoms with E-state index in [4.69, 9.17) is 0 Å².